The molecule has 0 spiro atoms. The highest BCUT2D eigenvalue weighted by Crippen LogP contribution is 2.25. The van der Waals surface area contributed by atoms with E-state index in [0.717, 1.165) is 12.1 Å². The zero-order valence-corrected chi connectivity index (χ0v) is 13.4. The average molecular weight is 328 g/mol. The summed E-state index contributed by atoms with van der Waals surface area (Å²) in [6, 6.07) is 9.38. The van der Waals surface area contributed by atoms with E-state index < -0.39 is 0 Å². The number of hydrogen-bond acceptors (Lipinski definition) is 5. The SMILES string of the molecule is COc1ccsc1C(=O)Nc1ccn(CCc2ccccn2)n1. The van der Waals surface area contributed by atoms with Gasteiger partial charge < -0.3 is 10.1 Å². The number of aryl methyl sites for hydroxylation is 2. The Labute approximate surface area is 137 Å². The summed E-state index contributed by atoms with van der Waals surface area (Å²) < 4.78 is 6.94. The minimum absolute atomic E-state index is 0.216. The molecular weight excluding hydrogens is 312 g/mol. The number of nitrogens with one attached hydrogen (secondary N) is 1. The van der Waals surface area contributed by atoms with Crippen LogP contribution in [-0.4, -0.2) is 27.8 Å². The minimum atomic E-state index is -0.216. The molecule has 3 aromatic rings. The molecule has 3 heterocycles. The second-order valence-corrected chi connectivity index (χ2v) is 5.72. The van der Waals surface area contributed by atoms with Gasteiger partial charge in [0.25, 0.3) is 5.91 Å². The molecule has 1 N–H and O–H groups in total. The Balaban J connectivity index is 1.60. The van der Waals surface area contributed by atoms with Gasteiger partial charge in [0, 0.05) is 37.1 Å². The molecule has 0 radical (unpaired) electrons. The van der Waals surface area contributed by atoms with Gasteiger partial charge in [0.15, 0.2) is 5.82 Å². The van der Waals surface area contributed by atoms with Gasteiger partial charge in [-0.2, -0.15) is 5.10 Å². The second-order valence-electron chi connectivity index (χ2n) is 4.81. The van der Waals surface area contributed by atoms with E-state index in [1.165, 1.54) is 11.3 Å². The monoisotopic (exact) mass is 328 g/mol. The normalized spacial score (nSPS) is 10.5. The number of rotatable bonds is 6. The van der Waals surface area contributed by atoms with Gasteiger partial charge >= 0.3 is 0 Å². The molecule has 0 unspecified atom stereocenters. The van der Waals surface area contributed by atoms with Gasteiger partial charge in [0.05, 0.1) is 7.11 Å². The lowest BCUT2D eigenvalue weighted by Crippen LogP contribution is -2.12. The van der Waals surface area contributed by atoms with E-state index in [-0.39, 0.29) is 5.91 Å². The molecule has 0 saturated heterocycles. The van der Waals surface area contributed by atoms with Crippen LogP contribution in [0.3, 0.4) is 0 Å². The Hall–Kier alpha value is -2.67. The first-order chi connectivity index (χ1) is 11.3. The number of hydrogen-bond donors (Lipinski definition) is 1. The predicted molar refractivity (Wildman–Crippen MR) is 89.0 cm³/mol. The van der Waals surface area contributed by atoms with E-state index in [1.54, 1.807) is 30.1 Å². The molecule has 118 valence electrons. The highest BCUT2D eigenvalue weighted by atomic mass is 32.1. The molecule has 23 heavy (non-hydrogen) atoms. The zero-order chi connectivity index (χ0) is 16.1. The zero-order valence-electron chi connectivity index (χ0n) is 12.6. The lowest BCUT2D eigenvalue weighted by Gasteiger charge is -2.03. The van der Waals surface area contributed by atoms with Crippen molar-refractivity contribution >= 4 is 23.1 Å². The molecular formula is C16H16N4O2S. The van der Waals surface area contributed by atoms with Gasteiger partial charge in [-0.05, 0) is 23.6 Å². The van der Waals surface area contributed by atoms with Crippen LogP contribution in [-0.2, 0) is 13.0 Å². The van der Waals surface area contributed by atoms with E-state index in [0.29, 0.717) is 23.0 Å². The smallest absolute Gasteiger partial charge is 0.270 e. The van der Waals surface area contributed by atoms with Crippen LogP contribution in [0.25, 0.3) is 0 Å². The summed E-state index contributed by atoms with van der Waals surface area (Å²) in [5.41, 5.74) is 1.01. The fourth-order valence-corrected chi connectivity index (χ4v) is 2.88. The molecule has 3 aromatic heterocycles. The van der Waals surface area contributed by atoms with Crippen LogP contribution in [0, 0.1) is 0 Å². The lowest BCUT2D eigenvalue weighted by atomic mass is 10.3. The summed E-state index contributed by atoms with van der Waals surface area (Å²) in [6.45, 7) is 0.704. The summed E-state index contributed by atoms with van der Waals surface area (Å²) in [6.07, 6.45) is 4.40. The first-order valence-corrected chi connectivity index (χ1v) is 8.00. The van der Waals surface area contributed by atoms with Crippen LogP contribution in [0.15, 0.2) is 48.1 Å². The number of anilines is 1. The summed E-state index contributed by atoms with van der Waals surface area (Å²) in [4.78, 5) is 17.0. The molecule has 6 nitrogen and oxygen atoms in total. The number of pyridine rings is 1. The van der Waals surface area contributed by atoms with Crippen molar-refractivity contribution in [3.63, 3.8) is 0 Å². The third-order valence-corrected chi connectivity index (χ3v) is 4.16. The van der Waals surface area contributed by atoms with Gasteiger partial charge in [-0.25, -0.2) is 0 Å². The van der Waals surface area contributed by atoms with Gasteiger partial charge in [-0.15, -0.1) is 11.3 Å². The summed E-state index contributed by atoms with van der Waals surface area (Å²) in [5, 5.41) is 8.95. The second kappa shape index (κ2) is 7.06. The largest absolute Gasteiger partial charge is 0.495 e. The highest BCUT2D eigenvalue weighted by molar-refractivity contribution is 7.12. The van der Waals surface area contributed by atoms with Gasteiger partial charge in [0.2, 0.25) is 0 Å². The fourth-order valence-electron chi connectivity index (χ4n) is 2.12. The third kappa shape index (κ3) is 3.75. The average Bonchev–Trinajstić information content (AvgIpc) is 3.22. The van der Waals surface area contributed by atoms with Gasteiger partial charge in [0.1, 0.15) is 10.6 Å². The van der Waals surface area contributed by atoms with Gasteiger partial charge in [-0.3, -0.25) is 14.5 Å². The number of amides is 1. The summed E-state index contributed by atoms with van der Waals surface area (Å²) in [5.74, 6) is 0.875. The maximum absolute atomic E-state index is 12.2. The van der Waals surface area contributed by atoms with Crippen LogP contribution in [0.4, 0.5) is 5.82 Å². The van der Waals surface area contributed by atoms with Crippen LogP contribution in [0.5, 0.6) is 5.75 Å². The van der Waals surface area contributed by atoms with Crippen molar-refractivity contribution < 1.29 is 9.53 Å². The maximum atomic E-state index is 12.2. The van der Waals surface area contributed by atoms with Crippen LogP contribution in [0.1, 0.15) is 15.4 Å². The van der Waals surface area contributed by atoms with Crippen molar-refractivity contribution in [1.29, 1.82) is 0 Å². The first-order valence-electron chi connectivity index (χ1n) is 7.12. The van der Waals surface area contributed by atoms with Crippen molar-refractivity contribution in [3.05, 3.63) is 58.7 Å². The van der Waals surface area contributed by atoms with Crippen molar-refractivity contribution in [2.45, 2.75) is 13.0 Å². The van der Waals surface area contributed by atoms with Crippen molar-refractivity contribution in [3.8, 4) is 5.75 Å². The number of carbonyl (C=O) groups excluding carboxylic acids is 1. The number of carbonyl (C=O) groups is 1. The Bertz CT molecular complexity index is 782. The third-order valence-electron chi connectivity index (χ3n) is 3.26. The van der Waals surface area contributed by atoms with E-state index in [1.807, 2.05) is 29.8 Å². The summed E-state index contributed by atoms with van der Waals surface area (Å²) in [7, 11) is 1.55. The molecule has 3 rings (SSSR count). The molecule has 1 amide bonds. The molecule has 0 aliphatic rings. The number of thiophene rings is 1. The molecule has 7 heteroatoms. The van der Waals surface area contributed by atoms with E-state index in [2.05, 4.69) is 15.4 Å². The van der Waals surface area contributed by atoms with Crippen molar-refractivity contribution in [1.82, 2.24) is 14.8 Å². The number of aromatic nitrogens is 3. The Morgan fingerprint density at radius 3 is 3.04 bits per heavy atom. The van der Waals surface area contributed by atoms with E-state index in [4.69, 9.17) is 4.74 Å². The highest BCUT2D eigenvalue weighted by Gasteiger charge is 2.15. The van der Waals surface area contributed by atoms with E-state index >= 15 is 0 Å². The first kappa shape index (κ1) is 15.2. The minimum Gasteiger partial charge on any atom is -0.495 e. The van der Waals surface area contributed by atoms with Crippen LogP contribution in [0.2, 0.25) is 0 Å². The maximum Gasteiger partial charge on any atom is 0.270 e. The molecule has 0 aliphatic heterocycles. The predicted octanol–water partition coefficient (Wildman–Crippen LogP) is 2.84. The Kier molecular flexibility index (Phi) is 4.68. The fraction of sp³-hybridized carbons (Fsp3) is 0.188. The number of methoxy groups -OCH3 is 1. The number of nitrogens with zero attached hydrogens (tertiary/aromatic N) is 3. The van der Waals surface area contributed by atoms with Crippen molar-refractivity contribution in [2.75, 3.05) is 12.4 Å². The molecule has 0 aliphatic carbocycles. The lowest BCUT2D eigenvalue weighted by molar-refractivity contribution is 0.102. The number of ether oxygens (including phenoxy) is 1. The van der Waals surface area contributed by atoms with Gasteiger partial charge in [-0.1, -0.05) is 6.07 Å². The Morgan fingerprint density at radius 1 is 1.35 bits per heavy atom. The molecule has 0 saturated carbocycles. The molecule has 0 bridgehead atoms. The standard InChI is InChI=1S/C16H16N4O2S/c1-22-13-7-11-23-15(13)16(21)18-14-6-10-20(19-14)9-5-12-4-2-3-8-17-12/h2-4,6-8,10-11H,5,9H2,1H3,(H,18,19,21). The Morgan fingerprint density at radius 2 is 2.26 bits per heavy atom. The topological polar surface area (TPSA) is 69.0 Å². The molecule has 0 fully saturated rings. The van der Waals surface area contributed by atoms with Crippen LogP contribution < -0.4 is 10.1 Å². The van der Waals surface area contributed by atoms with Crippen molar-refractivity contribution in [2.24, 2.45) is 0 Å². The van der Waals surface area contributed by atoms with Crippen LogP contribution >= 0.6 is 11.3 Å². The molecule has 0 aromatic carbocycles. The molecule has 0 atom stereocenters. The van der Waals surface area contributed by atoms with E-state index in [9.17, 15) is 4.79 Å². The summed E-state index contributed by atoms with van der Waals surface area (Å²) >= 11 is 1.34. The quantitative estimate of drug-likeness (QED) is 0.755.